The van der Waals surface area contributed by atoms with Crippen molar-refractivity contribution in [3.05, 3.63) is 64.7 Å². The second kappa shape index (κ2) is 8.34. The number of rotatable bonds is 6. The van der Waals surface area contributed by atoms with Gasteiger partial charge < -0.3 is 10.6 Å². The SMILES string of the molecule is CCCNC(=O)c1cccc(NC(=O)Cc2ccc(Cl)cc2)c1. The van der Waals surface area contributed by atoms with Gasteiger partial charge in [-0.25, -0.2) is 0 Å². The minimum atomic E-state index is -0.140. The van der Waals surface area contributed by atoms with Crippen molar-refractivity contribution in [2.24, 2.45) is 0 Å². The molecular formula is C18H19ClN2O2. The Hall–Kier alpha value is -2.33. The van der Waals surface area contributed by atoms with Crippen LogP contribution in [0.4, 0.5) is 5.69 Å². The molecule has 0 fully saturated rings. The van der Waals surface area contributed by atoms with Crippen LogP contribution in [0.3, 0.4) is 0 Å². The van der Waals surface area contributed by atoms with Gasteiger partial charge in [0.25, 0.3) is 5.91 Å². The average Bonchev–Trinajstić information content (AvgIpc) is 2.55. The van der Waals surface area contributed by atoms with Gasteiger partial charge in [0, 0.05) is 22.8 Å². The molecule has 5 heteroatoms. The standard InChI is InChI=1S/C18H19ClN2O2/c1-2-10-20-18(23)14-4-3-5-16(12-14)21-17(22)11-13-6-8-15(19)9-7-13/h3-9,12H,2,10-11H2,1H3,(H,20,23)(H,21,22). The first-order chi connectivity index (χ1) is 11.1. The van der Waals surface area contributed by atoms with E-state index in [1.54, 1.807) is 36.4 Å². The van der Waals surface area contributed by atoms with E-state index in [2.05, 4.69) is 10.6 Å². The lowest BCUT2D eigenvalue weighted by Gasteiger charge is -2.08. The van der Waals surface area contributed by atoms with Crippen molar-refractivity contribution in [2.75, 3.05) is 11.9 Å². The van der Waals surface area contributed by atoms with Crippen LogP contribution in [0.25, 0.3) is 0 Å². The Balaban J connectivity index is 1.98. The third-order valence-corrected chi connectivity index (χ3v) is 3.47. The van der Waals surface area contributed by atoms with Crippen molar-refractivity contribution >= 4 is 29.1 Å². The molecule has 2 amide bonds. The average molecular weight is 331 g/mol. The number of amides is 2. The molecule has 2 N–H and O–H groups in total. The highest BCUT2D eigenvalue weighted by atomic mass is 35.5. The maximum absolute atomic E-state index is 12.1. The predicted octanol–water partition coefficient (Wildman–Crippen LogP) is 3.66. The topological polar surface area (TPSA) is 58.2 Å². The van der Waals surface area contributed by atoms with E-state index in [9.17, 15) is 9.59 Å². The minimum absolute atomic E-state index is 0.138. The first-order valence-electron chi connectivity index (χ1n) is 7.51. The number of nitrogens with one attached hydrogen (secondary N) is 2. The Labute approximate surface area is 140 Å². The molecule has 0 radical (unpaired) electrons. The Morgan fingerprint density at radius 1 is 1.09 bits per heavy atom. The summed E-state index contributed by atoms with van der Waals surface area (Å²) in [7, 11) is 0. The van der Waals surface area contributed by atoms with E-state index in [0.717, 1.165) is 12.0 Å². The summed E-state index contributed by atoms with van der Waals surface area (Å²) in [5.41, 5.74) is 2.01. The van der Waals surface area contributed by atoms with Crippen LogP contribution in [0.1, 0.15) is 29.3 Å². The normalized spacial score (nSPS) is 10.2. The van der Waals surface area contributed by atoms with Gasteiger partial charge in [-0.15, -0.1) is 0 Å². The zero-order valence-electron chi connectivity index (χ0n) is 12.9. The van der Waals surface area contributed by atoms with Gasteiger partial charge in [-0.1, -0.05) is 36.7 Å². The monoisotopic (exact) mass is 330 g/mol. The summed E-state index contributed by atoms with van der Waals surface area (Å²) in [5.74, 6) is -0.279. The molecular weight excluding hydrogens is 312 g/mol. The molecule has 0 aliphatic heterocycles. The number of carbonyl (C=O) groups excluding carboxylic acids is 2. The zero-order valence-corrected chi connectivity index (χ0v) is 13.7. The van der Waals surface area contributed by atoms with E-state index in [0.29, 0.717) is 22.8 Å². The van der Waals surface area contributed by atoms with E-state index in [1.165, 1.54) is 0 Å². The molecule has 2 rings (SSSR count). The molecule has 4 nitrogen and oxygen atoms in total. The fourth-order valence-corrected chi connectivity index (χ4v) is 2.20. The molecule has 0 aromatic heterocycles. The molecule has 2 aromatic rings. The van der Waals surface area contributed by atoms with Crippen LogP contribution in [0.15, 0.2) is 48.5 Å². The van der Waals surface area contributed by atoms with E-state index < -0.39 is 0 Å². The zero-order chi connectivity index (χ0) is 16.7. The lowest BCUT2D eigenvalue weighted by molar-refractivity contribution is -0.115. The molecule has 23 heavy (non-hydrogen) atoms. The first-order valence-corrected chi connectivity index (χ1v) is 7.89. The van der Waals surface area contributed by atoms with Crippen molar-refractivity contribution < 1.29 is 9.59 Å². The fourth-order valence-electron chi connectivity index (χ4n) is 2.07. The number of anilines is 1. The second-order valence-electron chi connectivity index (χ2n) is 5.19. The number of hydrogen-bond donors (Lipinski definition) is 2. The van der Waals surface area contributed by atoms with Crippen LogP contribution in [-0.4, -0.2) is 18.4 Å². The van der Waals surface area contributed by atoms with Crippen molar-refractivity contribution in [3.63, 3.8) is 0 Å². The van der Waals surface area contributed by atoms with Gasteiger partial charge >= 0.3 is 0 Å². The summed E-state index contributed by atoms with van der Waals surface area (Å²) in [6.07, 6.45) is 1.13. The van der Waals surface area contributed by atoms with Crippen molar-refractivity contribution in [1.29, 1.82) is 0 Å². The maximum atomic E-state index is 12.1. The summed E-state index contributed by atoms with van der Waals surface area (Å²) in [4.78, 5) is 24.0. The molecule has 0 aliphatic carbocycles. The van der Waals surface area contributed by atoms with Gasteiger partial charge in [-0.05, 0) is 42.3 Å². The number of hydrogen-bond acceptors (Lipinski definition) is 2. The summed E-state index contributed by atoms with van der Waals surface area (Å²) in [6.45, 7) is 2.62. The Bertz CT molecular complexity index is 684. The lowest BCUT2D eigenvalue weighted by Crippen LogP contribution is -2.24. The van der Waals surface area contributed by atoms with Crippen LogP contribution in [-0.2, 0) is 11.2 Å². The number of halogens is 1. The molecule has 0 bridgehead atoms. The Morgan fingerprint density at radius 3 is 2.52 bits per heavy atom. The van der Waals surface area contributed by atoms with Crippen molar-refractivity contribution in [2.45, 2.75) is 19.8 Å². The van der Waals surface area contributed by atoms with Crippen molar-refractivity contribution in [3.8, 4) is 0 Å². The van der Waals surface area contributed by atoms with Gasteiger partial charge in [-0.3, -0.25) is 9.59 Å². The van der Waals surface area contributed by atoms with Crippen LogP contribution < -0.4 is 10.6 Å². The smallest absolute Gasteiger partial charge is 0.251 e. The largest absolute Gasteiger partial charge is 0.352 e. The fraction of sp³-hybridized carbons (Fsp3) is 0.222. The van der Waals surface area contributed by atoms with Crippen LogP contribution in [0, 0.1) is 0 Å². The molecule has 0 saturated heterocycles. The molecule has 0 spiro atoms. The van der Waals surface area contributed by atoms with E-state index in [4.69, 9.17) is 11.6 Å². The summed E-state index contributed by atoms with van der Waals surface area (Å²) in [6, 6.07) is 14.0. The Kier molecular flexibility index (Phi) is 6.18. The number of benzene rings is 2. The van der Waals surface area contributed by atoms with Crippen LogP contribution >= 0.6 is 11.6 Å². The molecule has 0 unspecified atom stereocenters. The highest BCUT2D eigenvalue weighted by molar-refractivity contribution is 6.30. The Morgan fingerprint density at radius 2 is 1.83 bits per heavy atom. The third kappa shape index (κ3) is 5.42. The van der Waals surface area contributed by atoms with Gasteiger partial charge in [0.1, 0.15) is 0 Å². The quantitative estimate of drug-likeness (QED) is 0.849. The molecule has 0 saturated carbocycles. The predicted molar refractivity (Wildman–Crippen MR) is 92.9 cm³/mol. The molecule has 0 atom stereocenters. The molecule has 0 heterocycles. The van der Waals surface area contributed by atoms with Crippen LogP contribution in [0.2, 0.25) is 5.02 Å². The lowest BCUT2D eigenvalue weighted by atomic mass is 10.1. The summed E-state index contributed by atoms with van der Waals surface area (Å²) in [5, 5.41) is 6.25. The van der Waals surface area contributed by atoms with Gasteiger partial charge in [0.15, 0.2) is 0 Å². The highest BCUT2D eigenvalue weighted by Gasteiger charge is 2.08. The van der Waals surface area contributed by atoms with Gasteiger partial charge in [0.05, 0.1) is 6.42 Å². The van der Waals surface area contributed by atoms with Gasteiger partial charge in [-0.2, -0.15) is 0 Å². The number of carbonyl (C=O) groups is 2. The van der Waals surface area contributed by atoms with E-state index in [-0.39, 0.29) is 18.2 Å². The third-order valence-electron chi connectivity index (χ3n) is 3.22. The second-order valence-corrected chi connectivity index (χ2v) is 5.62. The van der Waals surface area contributed by atoms with Crippen molar-refractivity contribution in [1.82, 2.24) is 5.32 Å². The first kappa shape index (κ1) is 17.0. The van der Waals surface area contributed by atoms with E-state index >= 15 is 0 Å². The molecule has 0 aliphatic rings. The molecule has 120 valence electrons. The van der Waals surface area contributed by atoms with E-state index in [1.807, 2.05) is 19.1 Å². The maximum Gasteiger partial charge on any atom is 0.251 e. The van der Waals surface area contributed by atoms with Gasteiger partial charge in [0.2, 0.25) is 5.91 Å². The molecule has 2 aromatic carbocycles. The highest BCUT2D eigenvalue weighted by Crippen LogP contribution is 2.13. The summed E-state index contributed by atoms with van der Waals surface area (Å²) < 4.78 is 0. The minimum Gasteiger partial charge on any atom is -0.352 e. The summed E-state index contributed by atoms with van der Waals surface area (Å²) >= 11 is 5.82. The van der Waals surface area contributed by atoms with Crippen LogP contribution in [0.5, 0.6) is 0 Å².